The van der Waals surface area contributed by atoms with E-state index in [-0.39, 0.29) is 11.7 Å². The zero-order chi connectivity index (χ0) is 18.1. The Balaban J connectivity index is 4.06. The molecule has 142 valence electrons. The van der Waals surface area contributed by atoms with Crippen LogP contribution in [-0.2, 0) is 10.1 Å². The quantitative estimate of drug-likeness (QED) is 0.199. The molecule has 4 heteroatoms. The molecule has 3 nitrogen and oxygen atoms in total. The second-order valence-electron chi connectivity index (χ2n) is 6.70. The normalized spacial score (nSPS) is 12.8. The Morgan fingerprint density at radius 2 is 1.17 bits per heavy atom. The van der Waals surface area contributed by atoms with Gasteiger partial charge in [0.2, 0.25) is 0 Å². The van der Waals surface area contributed by atoms with E-state index in [1.807, 2.05) is 0 Å². The lowest BCUT2D eigenvalue weighted by Gasteiger charge is -2.13. The Morgan fingerprint density at radius 1 is 0.750 bits per heavy atom. The first-order valence-electron chi connectivity index (χ1n) is 9.74. The maximum atomic E-state index is 11.2. The first-order valence-corrected chi connectivity index (χ1v) is 11.4. The highest BCUT2D eigenvalue weighted by molar-refractivity contribution is 7.85. The Labute approximate surface area is 150 Å². The molecule has 0 unspecified atom stereocenters. The van der Waals surface area contributed by atoms with Gasteiger partial charge in [-0.05, 0) is 57.3 Å². The maximum Gasteiger partial charge on any atom is 0.265 e. The van der Waals surface area contributed by atoms with Crippen molar-refractivity contribution in [1.29, 1.82) is 0 Å². The Hall–Kier alpha value is -0.610. The molecule has 24 heavy (non-hydrogen) atoms. The predicted molar refractivity (Wildman–Crippen MR) is 105 cm³/mol. The standard InChI is InChI=1S/C20H38O3S/c1-3-5-7-9-11-13-15-17-20(19-24(21,22)23)18-16-14-12-10-8-6-4-2/h11-14,20H,3-10,15-19H2,1-2H3,(H,21,22,23)/b13-11-,14-12-. The van der Waals surface area contributed by atoms with Crippen LogP contribution in [0.5, 0.6) is 0 Å². The molecule has 0 aliphatic carbocycles. The van der Waals surface area contributed by atoms with E-state index in [1.165, 1.54) is 38.5 Å². The van der Waals surface area contributed by atoms with Crippen molar-refractivity contribution in [1.82, 2.24) is 0 Å². The van der Waals surface area contributed by atoms with Crippen molar-refractivity contribution >= 4 is 10.1 Å². The van der Waals surface area contributed by atoms with Gasteiger partial charge < -0.3 is 0 Å². The largest absolute Gasteiger partial charge is 0.286 e. The zero-order valence-corrected chi connectivity index (χ0v) is 16.6. The van der Waals surface area contributed by atoms with Gasteiger partial charge in [-0.15, -0.1) is 0 Å². The molecule has 0 bridgehead atoms. The molecule has 0 spiro atoms. The lowest BCUT2D eigenvalue weighted by molar-refractivity contribution is 0.443. The van der Waals surface area contributed by atoms with E-state index in [1.54, 1.807) is 0 Å². The van der Waals surface area contributed by atoms with E-state index in [0.29, 0.717) is 0 Å². The number of hydrogen-bond acceptors (Lipinski definition) is 2. The van der Waals surface area contributed by atoms with Crippen LogP contribution in [0.15, 0.2) is 24.3 Å². The second-order valence-corrected chi connectivity index (χ2v) is 8.20. The first kappa shape index (κ1) is 23.4. The molecule has 0 aromatic rings. The van der Waals surface area contributed by atoms with Crippen molar-refractivity contribution in [2.45, 2.75) is 90.9 Å². The minimum absolute atomic E-state index is 0.0422. The maximum absolute atomic E-state index is 11.2. The van der Waals surface area contributed by atoms with Crippen molar-refractivity contribution in [3.8, 4) is 0 Å². The number of hydrogen-bond donors (Lipinski definition) is 1. The summed E-state index contributed by atoms with van der Waals surface area (Å²) in [6.45, 7) is 4.39. The third-order valence-corrected chi connectivity index (χ3v) is 5.10. The molecule has 0 heterocycles. The van der Waals surface area contributed by atoms with Gasteiger partial charge in [0.25, 0.3) is 10.1 Å². The molecule has 0 fully saturated rings. The molecular weight excluding hydrogens is 320 g/mol. The summed E-state index contributed by atoms with van der Waals surface area (Å²) < 4.78 is 31.5. The van der Waals surface area contributed by atoms with E-state index in [0.717, 1.165) is 38.5 Å². The molecule has 0 aliphatic heterocycles. The van der Waals surface area contributed by atoms with Gasteiger partial charge in [-0.2, -0.15) is 8.42 Å². The molecule has 0 aromatic carbocycles. The topological polar surface area (TPSA) is 54.4 Å². The SMILES string of the molecule is CCCCC/C=C\CCC(CC/C=C\CCCCC)CS(=O)(=O)O. The highest BCUT2D eigenvalue weighted by Gasteiger charge is 2.15. The highest BCUT2D eigenvalue weighted by Crippen LogP contribution is 2.17. The van der Waals surface area contributed by atoms with Gasteiger partial charge in [0.05, 0.1) is 5.75 Å². The molecule has 0 aromatic heterocycles. The van der Waals surface area contributed by atoms with E-state index >= 15 is 0 Å². The molecule has 0 aliphatic rings. The number of allylic oxidation sites excluding steroid dienone is 4. The third kappa shape index (κ3) is 17.7. The smallest absolute Gasteiger partial charge is 0.265 e. The monoisotopic (exact) mass is 358 g/mol. The summed E-state index contributed by atoms with van der Waals surface area (Å²) in [5.41, 5.74) is 0. The zero-order valence-electron chi connectivity index (χ0n) is 15.8. The molecule has 0 atom stereocenters. The van der Waals surface area contributed by atoms with Crippen LogP contribution >= 0.6 is 0 Å². The lowest BCUT2D eigenvalue weighted by atomic mass is 9.99. The second kappa shape index (κ2) is 15.9. The summed E-state index contributed by atoms with van der Waals surface area (Å²) in [7, 11) is -3.88. The number of rotatable bonds is 16. The van der Waals surface area contributed by atoms with Crippen molar-refractivity contribution in [3.05, 3.63) is 24.3 Å². The summed E-state index contributed by atoms with van der Waals surface area (Å²) in [5.74, 6) is -0.0686. The molecule has 0 radical (unpaired) electrons. The van der Waals surface area contributed by atoms with Gasteiger partial charge in [-0.25, -0.2) is 0 Å². The summed E-state index contributed by atoms with van der Waals surface area (Å²) in [5, 5.41) is 0. The highest BCUT2D eigenvalue weighted by atomic mass is 32.2. The van der Waals surface area contributed by atoms with Crippen LogP contribution < -0.4 is 0 Å². The van der Waals surface area contributed by atoms with E-state index in [9.17, 15) is 8.42 Å². The molecule has 0 saturated heterocycles. The van der Waals surface area contributed by atoms with Crippen molar-refractivity contribution in [2.24, 2.45) is 5.92 Å². The minimum Gasteiger partial charge on any atom is -0.286 e. The Morgan fingerprint density at radius 3 is 1.54 bits per heavy atom. The summed E-state index contributed by atoms with van der Waals surface area (Å²) in [6, 6.07) is 0. The van der Waals surface area contributed by atoms with Crippen molar-refractivity contribution < 1.29 is 13.0 Å². The summed E-state index contributed by atoms with van der Waals surface area (Å²) in [6.07, 6.45) is 21.8. The first-order chi connectivity index (χ1) is 11.5. The Bertz CT molecular complexity index is 400. The molecule has 1 N–H and O–H groups in total. The molecule has 0 amide bonds. The Kier molecular flexibility index (Phi) is 15.5. The van der Waals surface area contributed by atoms with Gasteiger partial charge >= 0.3 is 0 Å². The van der Waals surface area contributed by atoms with Crippen molar-refractivity contribution in [3.63, 3.8) is 0 Å². The molecule has 0 rings (SSSR count). The average molecular weight is 359 g/mol. The van der Waals surface area contributed by atoms with Crippen LogP contribution in [-0.4, -0.2) is 18.7 Å². The fraction of sp³-hybridized carbons (Fsp3) is 0.800. The third-order valence-electron chi connectivity index (χ3n) is 4.21. The fourth-order valence-electron chi connectivity index (χ4n) is 2.77. The van der Waals surface area contributed by atoms with Crippen molar-refractivity contribution in [2.75, 3.05) is 5.75 Å². The summed E-state index contributed by atoms with van der Waals surface area (Å²) in [4.78, 5) is 0. The van der Waals surface area contributed by atoms with Crippen LogP contribution in [0.4, 0.5) is 0 Å². The van der Waals surface area contributed by atoms with E-state index < -0.39 is 10.1 Å². The van der Waals surface area contributed by atoms with Gasteiger partial charge in [-0.3, -0.25) is 4.55 Å². The fourth-order valence-corrected chi connectivity index (χ4v) is 3.70. The average Bonchev–Trinajstić information content (AvgIpc) is 2.51. The van der Waals surface area contributed by atoms with Gasteiger partial charge in [-0.1, -0.05) is 63.8 Å². The molecular formula is C20H38O3S. The van der Waals surface area contributed by atoms with Crippen LogP contribution in [0, 0.1) is 5.92 Å². The predicted octanol–water partition coefficient (Wildman–Crippen LogP) is 6.32. The van der Waals surface area contributed by atoms with Crippen LogP contribution in [0.1, 0.15) is 90.9 Å². The summed E-state index contributed by atoms with van der Waals surface area (Å²) >= 11 is 0. The van der Waals surface area contributed by atoms with Crippen LogP contribution in [0.2, 0.25) is 0 Å². The lowest BCUT2D eigenvalue weighted by Crippen LogP contribution is -2.15. The van der Waals surface area contributed by atoms with E-state index in [2.05, 4.69) is 38.2 Å². The van der Waals surface area contributed by atoms with Gasteiger partial charge in [0.1, 0.15) is 0 Å². The molecule has 0 saturated carbocycles. The van der Waals surface area contributed by atoms with Crippen LogP contribution in [0.25, 0.3) is 0 Å². The van der Waals surface area contributed by atoms with E-state index in [4.69, 9.17) is 4.55 Å². The minimum atomic E-state index is -3.88. The number of unbranched alkanes of at least 4 members (excludes halogenated alkanes) is 6. The van der Waals surface area contributed by atoms with Gasteiger partial charge in [0, 0.05) is 0 Å². The van der Waals surface area contributed by atoms with Gasteiger partial charge in [0.15, 0.2) is 0 Å². The van der Waals surface area contributed by atoms with Crippen LogP contribution in [0.3, 0.4) is 0 Å².